The van der Waals surface area contributed by atoms with E-state index in [0.29, 0.717) is 0 Å². The Morgan fingerprint density at radius 2 is 0.654 bits per heavy atom. The third-order valence-electron chi connectivity index (χ3n) is 10.3. The first kappa shape index (κ1) is 28.8. The zero-order valence-electron chi connectivity index (χ0n) is 27.9. The first-order valence-corrected chi connectivity index (χ1v) is 17.5. The van der Waals surface area contributed by atoms with Crippen LogP contribution in [0.1, 0.15) is 0 Å². The van der Waals surface area contributed by atoms with Gasteiger partial charge in [-0.15, -0.1) is 0 Å². The van der Waals surface area contributed by atoms with E-state index in [2.05, 4.69) is 157 Å². The van der Waals surface area contributed by atoms with E-state index in [1.54, 1.807) is 0 Å². The second-order valence-corrected chi connectivity index (χ2v) is 13.3. The van der Waals surface area contributed by atoms with Crippen LogP contribution >= 0.6 is 0 Å². The normalized spacial score (nSPS) is 11.8. The fourth-order valence-electron chi connectivity index (χ4n) is 7.73. The van der Waals surface area contributed by atoms with Crippen LogP contribution in [0.4, 0.5) is 17.1 Å². The predicted octanol–water partition coefficient (Wildman–Crippen LogP) is 14.2. The molecule has 0 N–H and O–H groups in total. The van der Waals surface area contributed by atoms with Crippen molar-refractivity contribution in [3.63, 3.8) is 0 Å². The van der Waals surface area contributed by atoms with E-state index in [4.69, 9.17) is 13.3 Å². The quantitative estimate of drug-likeness (QED) is 0.183. The van der Waals surface area contributed by atoms with Crippen molar-refractivity contribution in [1.82, 2.24) is 0 Å². The minimum atomic E-state index is 0.852. The van der Waals surface area contributed by atoms with Gasteiger partial charge in [0, 0.05) is 55.4 Å². The summed E-state index contributed by atoms with van der Waals surface area (Å²) in [5, 5.41) is 6.62. The zero-order chi connectivity index (χ0) is 34.2. The van der Waals surface area contributed by atoms with Gasteiger partial charge in [0.15, 0.2) is 0 Å². The van der Waals surface area contributed by atoms with Gasteiger partial charge in [-0.1, -0.05) is 78.9 Å². The van der Waals surface area contributed by atoms with Crippen LogP contribution in [0, 0.1) is 0 Å². The van der Waals surface area contributed by atoms with Crippen molar-refractivity contribution in [1.29, 1.82) is 0 Å². The highest BCUT2D eigenvalue weighted by Gasteiger charge is 2.17. The molecule has 0 atom stereocenters. The van der Waals surface area contributed by atoms with Crippen molar-refractivity contribution in [2.75, 3.05) is 4.90 Å². The Balaban J connectivity index is 0.953. The SMILES string of the molecule is c1ccc(N(c2ccccc2)c2ccc3c(c2)oc2cc(-c4ccc5c(c4)oc4cc(-c6ccc7oc8ccccc8c7c6)ccc45)ccc23)cc1. The van der Waals surface area contributed by atoms with Gasteiger partial charge >= 0.3 is 0 Å². The number of rotatable bonds is 5. The Morgan fingerprint density at radius 3 is 1.23 bits per heavy atom. The molecule has 0 amide bonds. The molecule has 0 aliphatic carbocycles. The highest BCUT2D eigenvalue weighted by Crippen LogP contribution is 2.41. The smallest absolute Gasteiger partial charge is 0.137 e. The lowest BCUT2D eigenvalue weighted by Gasteiger charge is -2.25. The third kappa shape index (κ3) is 4.55. The molecule has 244 valence electrons. The molecule has 0 bridgehead atoms. The maximum absolute atomic E-state index is 6.56. The predicted molar refractivity (Wildman–Crippen MR) is 214 cm³/mol. The van der Waals surface area contributed by atoms with Crippen LogP contribution in [-0.4, -0.2) is 0 Å². The Morgan fingerprint density at radius 1 is 0.250 bits per heavy atom. The van der Waals surface area contributed by atoms with Gasteiger partial charge in [-0.3, -0.25) is 0 Å². The summed E-state index contributed by atoms with van der Waals surface area (Å²) < 4.78 is 19.1. The Hall–Kier alpha value is -7.04. The van der Waals surface area contributed by atoms with Gasteiger partial charge in [0.25, 0.3) is 0 Å². The molecule has 3 heterocycles. The Kier molecular flexibility index (Phi) is 6.22. The highest BCUT2D eigenvalue weighted by molar-refractivity contribution is 6.10. The van der Waals surface area contributed by atoms with Crippen molar-refractivity contribution >= 4 is 82.9 Å². The van der Waals surface area contributed by atoms with Gasteiger partial charge in [-0.2, -0.15) is 0 Å². The fraction of sp³-hybridized carbons (Fsp3) is 0. The molecule has 0 spiro atoms. The summed E-state index contributed by atoms with van der Waals surface area (Å²) in [5.41, 5.74) is 12.8. The topological polar surface area (TPSA) is 42.7 Å². The standard InChI is InChI=1S/C48H29NO3/c1-3-9-34(10-4-1)49(35-11-5-2-6-12-35)36-19-23-41-40-22-17-33(28-47(40)52-48(41)29-36)32-16-21-39-38-20-15-31(26-45(38)51-46(39)27-32)30-18-24-44-42(25-30)37-13-7-8-14-43(37)50-44/h1-29H. The molecule has 0 fully saturated rings. The van der Waals surface area contributed by atoms with Crippen LogP contribution in [0.5, 0.6) is 0 Å². The number of hydrogen-bond acceptors (Lipinski definition) is 4. The van der Waals surface area contributed by atoms with E-state index in [1.165, 1.54) is 0 Å². The van der Waals surface area contributed by atoms with Crippen molar-refractivity contribution in [2.24, 2.45) is 0 Å². The van der Waals surface area contributed by atoms with Crippen molar-refractivity contribution in [3.05, 3.63) is 176 Å². The van der Waals surface area contributed by atoms with Crippen molar-refractivity contribution in [3.8, 4) is 22.3 Å². The maximum Gasteiger partial charge on any atom is 0.137 e. The minimum absolute atomic E-state index is 0.852. The van der Waals surface area contributed by atoms with Crippen LogP contribution in [0.15, 0.2) is 189 Å². The number of furan rings is 3. The average Bonchev–Trinajstić information content (AvgIpc) is 3.88. The molecule has 0 radical (unpaired) electrons. The second kappa shape index (κ2) is 11.2. The molecule has 52 heavy (non-hydrogen) atoms. The lowest BCUT2D eigenvalue weighted by atomic mass is 10.00. The number of fused-ring (bicyclic) bond motifs is 9. The number of hydrogen-bond donors (Lipinski definition) is 0. The van der Waals surface area contributed by atoms with Crippen molar-refractivity contribution < 1.29 is 13.3 Å². The molecule has 0 saturated carbocycles. The third-order valence-corrected chi connectivity index (χ3v) is 10.3. The molecule has 4 heteroatoms. The summed E-state index contributed by atoms with van der Waals surface area (Å²) in [6.45, 7) is 0. The molecular weight excluding hydrogens is 639 g/mol. The summed E-state index contributed by atoms with van der Waals surface area (Å²) in [7, 11) is 0. The summed E-state index contributed by atoms with van der Waals surface area (Å²) in [6, 6.07) is 61.3. The molecule has 3 aromatic heterocycles. The van der Waals surface area contributed by atoms with Gasteiger partial charge in [0.2, 0.25) is 0 Å². The van der Waals surface area contributed by atoms with Gasteiger partial charge in [-0.05, 0) is 113 Å². The Bertz CT molecular complexity index is 3090. The number of nitrogens with zero attached hydrogens (tertiary/aromatic N) is 1. The van der Waals surface area contributed by atoms with Crippen LogP contribution in [-0.2, 0) is 0 Å². The van der Waals surface area contributed by atoms with E-state index >= 15 is 0 Å². The molecule has 0 aliphatic rings. The van der Waals surface area contributed by atoms with Crippen LogP contribution in [0.25, 0.3) is 88.1 Å². The first-order chi connectivity index (χ1) is 25.7. The number of benzene rings is 8. The molecular formula is C48H29NO3. The monoisotopic (exact) mass is 667 g/mol. The van der Waals surface area contributed by atoms with E-state index in [-0.39, 0.29) is 0 Å². The highest BCUT2D eigenvalue weighted by atomic mass is 16.3. The average molecular weight is 668 g/mol. The van der Waals surface area contributed by atoms with E-state index in [9.17, 15) is 0 Å². The van der Waals surface area contributed by atoms with Gasteiger partial charge in [-0.25, -0.2) is 0 Å². The largest absolute Gasteiger partial charge is 0.456 e. The van der Waals surface area contributed by atoms with Crippen LogP contribution in [0.2, 0.25) is 0 Å². The van der Waals surface area contributed by atoms with Crippen LogP contribution in [0.3, 0.4) is 0 Å². The molecule has 0 unspecified atom stereocenters. The summed E-state index contributed by atoms with van der Waals surface area (Å²) >= 11 is 0. The van der Waals surface area contributed by atoms with Crippen molar-refractivity contribution in [2.45, 2.75) is 0 Å². The number of anilines is 3. The lowest BCUT2D eigenvalue weighted by Crippen LogP contribution is -2.09. The molecule has 8 aromatic carbocycles. The molecule has 11 rings (SSSR count). The van der Waals surface area contributed by atoms with Gasteiger partial charge in [0.05, 0.1) is 0 Å². The van der Waals surface area contributed by atoms with Gasteiger partial charge < -0.3 is 18.2 Å². The summed E-state index contributed by atoms with van der Waals surface area (Å²) in [4.78, 5) is 2.25. The lowest BCUT2D eigenvalue weighted by molar-refractivity contribution is 0.668. The minimum Gasteiger partial charge on any atom is -0.456 e. The Labute approximate surface area is 298 Å². The summed E-state index contributed by atoms with van der Waals surface area (Å²) in [6.07, 6.45) is 0. The van der Waals surface area contributed by atoms with E-state index in [1.807, 2.05) is 24.3 Å². The zero-order valence-corrected chi connectivity index (χ0v) is 27.9. The maximum atomic E-state index is 6.56. The van der Waals surface area contributed by atoms with Gasteiger partial charge in [0.1, 0.15) is 33.5 Å². The molecule has 0 saturated heterocycles. The fourth-order valence-corrected chi connectivity index (χ4v) is 7.73. The number of para-hydroxylation sites is 3. The molecule has 11 aromatic rings. The molecule has 0 aliphatic heterocycles. The summed E-state index contributed by atoms with van der Waals surface area (Å²) in [5.74, 6) is 0. The van der Waals surface area contributed by atoms with E-state index < -0.39 is 0 Å². The first-order valence-electron chi connectivity index (χ1n) is 17.5. The van der Waals surface area contributed by atoms with E-state index in [0.717, 1.165) is 105 Å². The second-order valence-electron chi connectivity index (χ2n) is 13.3. The van der Waals surface area contributed by atoms with Crippen LogP contribution < -0.4 is 4.90 Å². The molecule has 4 nitrogen and oxygen atoms in total.